The van der Waals surface area contributed by atoms with Gasteiger partial charge in [-0.25, -0.2) is 0 Å². The Morgan fingerprint density at radius 1 is 1.26 bits per heavy atom. The van der Waals surface area contributed by atoms with Crippen LogP contribution in [0, 0.1) is 6.92 Å². The molecule has 0 saturated heterocycles. The zero-order valence-corrected chi connectivity index (χ0v) is 18.1. The van der Waals surface area contributed by atoms with Gasteiger partial charge >= 0.3 is 0 Å². The van der Waals surface area contributed by atoms with Crippen LogP contribution in [0.3, 0.4) is 0 Å². The van der Waals surface area contributed by atoms with E-state index in [2.05, 4.69) is 26.1 Å². The number of halogens is 2. The third kappa shape index (κ3) is 5.12. The summed E-state index contributed by atoms with van der Waals surface area (Å²) in [6, 6.07) is 13.7. The number of amides is 1. The van der Waals surface area contributed by atoms with Crippen molar-refractivity contribution in [2.45, 2.75) is 18.6 Å². The fourth-order valence-electron chi connectivity index (χ4n) is 2.42. The molecule has 5 nitrogen and oxygen atoms in total. The quantitative estimate of drug-likeness (QED) is 0.493. The van der Waals surface area contributed by atoms with E-state index in [1.807, 2.05) is 54.0 Å². The maximum Gasteiger partial charge on any atom is 0.233 e. The summed E-state index contributed by atoms with van der Waals surface area (Å²) in [6.45, 7) is 2.51. The van der Waals surface area contributed by atoms with Crippen molar-refractivity contribution in [3.05, 3.63) is 69.4 Å². The molecule has 0 radical (unpaired) electrons. The molecule has 0 unspecified atom stereocenters. The number of aromatic nitrogens is 3. The highest BCUT2D eigenvalue weighted by Gasteiger charge is 2.14. The molecule has 0 aliphatic carbocycles. The standard InChI is InChI=1S/C19H18BrClN4OS/c1-13-3-8-16(9-17(13)21)25-12-22-23-19(25)27-11-18(26)24(2)10-14-4-6-15(20)7-5-14/h3-9,12H,10-11H2,1-2H3. The summed E-state index contributed by atoms with van der Waals surface area (Å²) in [6.07, 6.45) is 1.62. The molecule has 1 heterocycles. The Morgan fingerprint density at radius 2 is 2.00 bits per heavy atom. The minimum atomic E-state index is 0.0272. The van der Waals surface area contributed by atoms with E-state index in [1.54, 1.807) is 18.3 Å². The van der Waals surface area contributed by atoms with Crippen molar-refractivity contribution in [3.63, 3.8) is 0 Å². The maximum absolute atomic E-state index is 12.5. The van der Waals surface area contributed by atoms with Gasteiger partial charge < -0.3 is 4.90 Å². The van der Waals surface area contributed by atoms with Crippen molar-refractivity contribution in [1.82, 2.24) is 19.7 Å². The molecule has 0 aliphatic heterocycles. The Morgan fingerprint density at radius 3 is 2.70 bits per heavy atom. The van der Waals surface area contributed by atoms with Gasteiger partial charge in [-0.05, 0) is 42.3 Å². The smallest absolute Gasteiger partial charge is 0.233 e. The lowest BCUT2D eigenvalue weighted by Gasteiger charge is -2.17. The first-order chi connectivity index (χ1) is 12.9. The average Bonchev–Trinajstić information content (AvgIpc) is 3.12. The van der Waals surface area contributed by atoms with E-state index in [9.17, 15) is 4.79 Å². The second-order valence-corrected chi connectivity index (χ2v) is 8.35. The number of benzene rings is 2. The van der Waals surface area contributed by atoms with E-state index in [0.29, 0.717) is 16.7 Å². The molecule has 1 aromatic heterocycles. The second kappa shape index (κ2) is 8.91. The Labute approximate surface area is 175 Å². The number of carbonyl (C=O) groups is 1. The largest absolute Gasteiger partial charge is 0.341 e. The normalized spacial score (nSPS) is 10.8. The average molecular weight is 466 g/mol. The summed E-state index contributed by atoms with van der Waals surface area (Å²) in [4.78, 5) is 14.2. The van der Waals surface area contributed by atoms with Gasteiger partial charge in [0, 0.05) is 23.1 Å². The molecule has 27 heavy (non-hydrogen) atoms. The van der Waals surface area contributed by atoms with Gasteiger partial charge in [0.2, 0.25) is 5.91 Å². The summed E-state index contributed by atoms with van der Waals surface area (Å²) in [7, 11) is 1.80. The molecule has 2 aromatic carbocycles. The first-order valence-corrected chi connectivity index (χ1v) is 10.4. The van der Waals surface area contributed by atoms with Gasteiger partial charge in [-0.1, -0.05) is 57.5 Å². The highest BCUT2D eigenvalue weighted by Crippen LogP contribution is 2.24. The van der Waals surface area contributed by atoms with Crippen molar-refractivity contribution in [2.24, 2.45) is 0 Å². The summed E-state index contributed by atoms with van der Waals surface area (Å²) in [5, 5.41) is 9.43. The van der Waals surface area contributed by atoms with E-state index < -0.39 is 0 Å². The molecule has 0 spiro atoms. The third-order valence-corrected chi connectivity index (χ3v) is 5.90. The molecule has 3 aromatic rings. The van der Waals surface area contributed by atoms with Crippen LogP contribution in [0.25, 0.3) is 5.69 Å². The van der Waals surface area contributed by atoms with E-state index in [4.69, 9.17) is 11.6 Å². The maximum atomic E-state index is 12.5. The van der Waals surface area contributed by atoms with Gasteiger partial charge in [0.25, 0.3) is 0 Å². The lowest BCUT2D eigenvalue weighted by Crippen LogP contribution is -2.27. The topological polar surface area (TPSA) is 51.0 Å². The van der Waals surface area contributed by atoms with Crippen LogP contribution in [0.5, 0.6) is 0 Å². The lowest BCUT2D eigenvalue weighted by atomic mass is 10.2. The van der Waals surface area contributed by atoms with Crippen molar-refractivity contribution in [2.75, 3.05) is 12.8 Å². The molecule has 3 rings (SSSR count). The molecular weight excluding hydrogens is 448 g/mol. The molecule has 140 valence electrons. The number of thioether (sulfide) groups is 1. The number of aryl methyl sites for hydroxylation is 1. The van der Waals surface area contributed by atoms with Crippen molar-refractivity contribution in [1.29, 1.82) is 0 Å². The van der Waals surface area contributed by atoms with Crippen LogP contribution in [0.4, 0.5) is 0 Å². The van der Waals surface area contributed by atoms with Crippen LogP contribution in [-0.2, 0) is 11.3 Å². The number of rotatable bonds is 6. The Balaban J connectivity index is 1.63. The van der Waals surface area contributed by atoms with Crippen LogP contribution in [0.2, 0.25) is 5.02 Å². The first-order valence-electron chi connectivity index (χ1n) is 8.22. The summed E-state index contributed by atoms with van der Waals surface area (Å²) in [5.41, 5.74) is 2.96. The minimum Gasteiger partial charge on any atom is -0.341 e. The second-order valence-electron chi connectivity index (χ2n) is 6.08. The molecular formula is C19H18BrClN4OS. The Kier molecular flexibility index (Phi) is 6.57. The molecule has 0 N–H and O–H groups in total. The number of hydrogen-bond acceptors (Lipinski definition) is 4. The zero-order valence-electron chi connectivity index (χ0n) is 14.9. The first kappa shape index (κ1) is 19.9. The van der Waals surface area contributed by atoms with Gasteiger partial charge in [0.1, 0.15) is 6.33 Å². The molecule has 1 amide bonds. The minimum absolute atomic E-state index is 0.0272. The molecule has 0 saturated carbocycles. The van der Waals surface area contributed by atoms with E-state index >= 15 is 0 Å². The monoisotopic (exact) mass is 464 g/mol. The predicted molar refractivity (Wildman–Crippen MR) is 112 cm³/mol. The van der Waals surface area contributed by atoms with Crippen molar-refractivity contribution in [3.8, 4) is 5.69 Å². The zero-order chi connectivity index (χ0) is 19.4. The van der Waals surface area contributed by atoms with Crippen molar-refractivity contribution >= 4 is 45.2 Å². The summed E-state index contributed by atoms with van der Waals surface area (Å²) >= 11 is 11.0. The van der Waals surface area contributed by atoms with Crippen LogP contribution in [0.1, 0.15) is 11.1 Å². The third-order valence-electron chi connectivity index (χ3n) is 4.03. The highest BCUT2D eigenvalue weighted by atomic mass is 79.9. The van der Waals surface area contributed by atoms with E-state index in [-0.39, 0.29) is 11.7 Å². The van der Waals surface area contributed by atoms with E-state index in [0.717, 1.165) is 21.3 Å². The SMILES string of the molecule is Cc1ccc(-n2cnnc2SCC(=O)N(C)Cc2ccc(Br)cc2)cc1Cl. The fourth-order valence-corrected chi connectivity index (χ4v) is 3.73. The number of nitrogens with zero attached hydrogens (tertiary/aromatic N) is 4. The molecule has 0 fully saturated rings. The summed E-state index contributed by atoms with van der Waals surface area (Å²) < 4.78 is 2.85. The fraction of sp³-hybridized carbons (Fsp3) is 0.211. The molecule has 0 atom stereocenters. The van der Waals surface area contributed by atoms with Gasteiger partial charge in [-0.3, -0.25) is 9.36 Å². The molecule has 8 heteroatoms. The van der Waals surface area contributed by atoms with Gasteiger partial charge in [-0.2, -0.15) is 0 Å². The van der Waals surface area contributed by atoms with Gasteiger partial charge in [-0.15, -0.1) is 10.2 Å². The molecule has 0 aliphatic rings. The predicted octanol–water partition coefficient (Wildman–Crippen LogP) is 4.74. The Hall–Kier alpha value is -1.83. The van der Waals surface area contributed by atoms with Crippen LogP contribution >= 0.6 is 39.3 Å². The van der Waals surface area contributed by atoms with E-state index in [1.165, 1.54) is 11.8 Å². The van der Waals surface area contributed by atoms with Crippen LogP contribution < -0.4 is 0 Å². The van der Waals surface area contributed by atoms with Crippen LogP contribution in [0.15, 0.2) is 58.4 Å². The van der Waals surface area contributed by atoms with Gasteiger partial charge in [0.15, 0.2) is 5.16 Å². The highest BCUT2D eigenvalue weighted by molar-refractivity contribution is 9.10. The lowest BCUT2D eigenvalue weighted by molar-refractivity contribution is -0.127. The van der Waals surface area contributed by atoms with Crippen molar-refractivity contribution < 1.29 is 4.79 Å². The van der Waals surface area contributed by atoms with Crippen LogP contribution in [-0.4, -0.2) is 38.4 Å². The number of hydrogen-bond donors (Lipinski definition) is 0. The molecule has 0 bridgehead atoms. The number of carbonyl (C=O) groups excluding carboxylic acids is 1. The van der Waals surface area contributed by atoms with Gasteiger partial charge in [0.05, 0.1) is 11.4 Å². The Bertz CT molecular complexity index is 945. The summed E-state index contributed by atoms with van der Waals surface area (Å²) in [5.74, 6) is 0.310.